The fourth-order valence-corrected chi connectivity index (χ4v) is 5.20. The quantitative estimate of drug-likeness (QED) is 0.133. The summed E-state index contributed by atoms with van der Waals surface area (Å²) in [7, 11) is 3.35. The number of carbonyl (C=O) groups is 3. The molecule has 1 heterocycles. The number of nitrogens with zero attached hydrogens (tertiary/aromatic N) is 3. The van der Waals surface area contributed by atoms with Crippen molar-refractivity contribution in [3.05, 3.63) is 59.4 Å². The molecule has 2 aromatic carbocycles. The lowest BCUT2D eigenvalue weighted by molar-refractivity contribution is -0.151. The molecule has 43 heavy (non-hydrogen) atoms. The van der Waals surface area contributed by atoms with Gasteiger partial charge in [0.25, 0.3) is 0 Å². The molecule has 1 saturated carbocycles. The van der Waals surface area contributed by atoms with Gasteiger partial charge in [-0.1, -0.05) is 28.4 Å². The molecule has 0 radical (unpaired) electrons. The molecule has 1 aromatic heterocycles. The molecule has 0 spiro atoms. The smallest absolute Gasteiger partial charge is 0.320 e. The molecular formula is C31H37BrN6O5. The van der Waals surface area contributed by atoms with Crippen molar-refractivity contribution < 1.29 is 23.9 Å². The molecule has 0 unspecified atom stereocenters. The van der Waals surface area contributed by atoms with E-state index in [1.165, 1.54) is 25.9 Å². The van der Waals surface area contributed by atoms with E-state index in [0.717, 1.165) is 41.9 Å². The topological polar surface area (TPSA) is 135 Å². The van der Waals surface area contributed by atoms with Crippen molar-refractivity contribution in [2.24, 2.45) is 0 Å². The molecule has 0 atom stereocenters. The number of hydrogen-bond donors (Lipinski definition) is 3. The number of amides is 2. The third-order valence-corrected chi connectivity index (χ3v) is 7.45. The molecule has 0 bridgehead atoms. The molecule has 2 amide bonds. The number of benzene rings is 2. The maximum atomic E-state index is 12.7. The Morgan fingerprint density at radius 1 is 1.07 bits per heavy atom. The van der Waals surface area contributed by atoms with Gasteiger partial charge in [-0.3, -0.25) is 19.3 Å². The van der Waals surface area contributed by atoms with Crippen LogP contribution < -0.4 is 20.7 Å². The number of aromatic nitrogens is 2. The molecule has 1 fully saturated rings. The standard InChI is InChI=1S/C31H37BrN6O5/c1-38(19-30(41)43-23-10-4-3-5-11-23)15-7-14-33-28(39)12-13-29(40)37-26-17-24-25(18-27(26)42-2)34-20-35-31(24)36-22-9-6-8-21(32)16-22/h6,8-9,12-13,16-18,20,23H,3-5,7,10-11,14-15,19H2,1-2H3,(H,33,39)(H,37,40)(H,34,35,36). The lowest BCUT2D eigenvalue weighted by Gasteiger charge is -2.23. The maximum absolute atomic E-state index is 12.7. The van der Waals surface area contributed by atoms with E-state index in [2.05, 4.69) is 41.8 Å². The van der Waals surface area contributed by atoms with Gasteiger partial charge in [-0.2, -0.15) is 0 Å². The maximum Gasteiger partial charge on any atom is 0.320 e. The zero-order chi connectivity index (χ0) is 30.6. The van der Waals surface area contributed by atoms with Crippen molar-refractivity contribution in [3.63, 3.8) is 0 Å². The highest BCUT2D eigenvalue weighted by Gasteiger charge is 2.18. The molecule has 0 aliphatic heterocycles. The van der Waals surface area contributed by atoms with E-state index in [4.69, 9.17) is 9.47 Å². The third kappa shape index (κ3) is 10.0. The summed E-state index contributed by atoms with van der Waals surface area (Å²) >= 11 is 3.46. The number of likely N-dealkylation sites (N-methyl/N-ethyl adjacent to an activating group) is 1. The zero-order valence-corrected chi connectivity index (χ0v) is 26.0. The van der Waals surface area contributed by atoms with E-state index in [-0.39, 0.29) is 18.6 Å². The predicted molar refractivity (Wildman–Crippen MR) is 169 cm³/mol. The van der Waals surface area contributed by atoms with Gasteiger partial charge in [0.1, 0.15) is 24.0 Å². The summed E-state index contributed by atoms with van der Waals surface area (Å²) in [5.74, 6) is -0.128. The van der Waals surface area contributed by atoms with Crippen LogP contribution in [0.1, 0.15) is 38.5 Å². The van der Waals surface area contributed by atoms with E-state index in [1.54, 1.807) is 12.1 Å². The lowest BCUT2D eigenvalue weighted by atomic mass is 9.98. The molecule has 3 N–H and O–H groups in total. The van der Waals surface area contributed by atoms with Crippen LogP contribution in [0.5, 0.6) is 5.75 Å². The van der Waals surface area contributed by atoms with Crippen LogP contribution in [0.4, 0.5) is 17.2 Å². The number of methoxy groups -OCH3 is 1. The first kappa shape index (κ1) is 31.9. The highest BCUT2D eigenvalue weighted by Crippen LogP contribution is 2.33. The monoisotopic (exact) mass is 652 g/mol. The first-order valence-electron chi connectivity index (χ1n) is 14.3. The summed E-state index contributed by atoms with van der Waals surface area (Å²) in [5.41, 5.74) is 1.86. The number of anilines is 3. The normalized spacial score (nSPS) is 13.7. The molecule has 1 aliphatic rings. The average molecular weight is 654 g/mol. The Morgan fingerprint density at radius 2 is 1.86 bits per heavy atom. The van der Waals surface area contributed by atoms with Crippen LogP contribution in [0.15, 0.2) is 59.4 Å². The third-order valence-electron chi connectivity index (χ3n) is 6.95. The molecular weight excluding hydrogens is 616 g/mol. The number of halogens is 1. The van der Waals surface area contributed by atoms with E-state index < -0.39 is 11.8 Å². The van der Waals surface area contributed by atoms with Crippen molar-refractivity contribution in [2.45, 2.75) is 44.6 Å². The Kier molecular flexibility index (Phi) is 11.9. The van der Waals surface area contributed by atoms with Crippen molar-refractivity contribution in [2.75, 3.05) is 44.4 Å². The number of nitrogens with one attached hydrogen (secondary N) is 3. The summed E-state index contributed by atoms with van der Waals surface area (Å²) in [4.78, 5) is 47.7. The minimum atomic E-state index is -0.498. The van der Waals surface area contributed by atoms with Crippen molar-refractivity contribution in [1.29, 1.82) is 0 Å². The summed E-state index contributed by atoms with van der Waals surface area (Å²) in [5, 5.41) is 9.47. The Morgan fingerprint density at radius 3 is 2.63 bits per heavy atom. The van der Waals surface area contributed by atoms with Crippen LogP contribution in [0.2, 0.25) is 0 Å². The number of carbonyl (C=O) groups excluding carboxylic acids is 3. The molecule has 4 rings (SSSR count). The predicted octanol–water partition coefficient (Wildman–Crippen LogP) is 4.95. The first-order valence-corrected chi connectivity index (χ1v) is 15.1. The van der Waals surface area contributed by atoms with Crippen molar-refractivity contribution in [3.8, 4) is 5.75 Å². The fourth-order valence-electron chi connectivity index (χ4n) is 4.80. The van der Waals surface area contributed by atoms with Gasteiger partial charge in [-0.15, -0.1) is 0 Å². The van der Waals surface area contributed by atoms with Gasteiger partial charge >= 0.3 is 5.97 Å². The molecule has 11 nitrogen and oxygen atoms in total. The number of esters is 1. The second kappa shape index (κ2) is 16.0. The Hall–Kier alpha value is -4.03. The van der Waals surface area contributed by atoms with Gasteiger partial charge in [0.05, 0.1) is 24.9 Å². The minimum absolute atomic E-state index is 0.0474. The van der Waals surface area contributed by atoms with E-state index in [1.807, 2.05) is 36.2 Å². The molecule has 1 aliphatic carbocycles. The van der Waals surface area contributed by atoms with Gasteiger partial charge in [-0.25, -0.2) is 9.97 Å². The van der Waals surface area contributed by atoms with Crippen LogP contribution in [-0.2, 0) is 19.1 Å². The molecule has 0 saturated heterocycles. The summed E-state index contributed by atoms with van der Waals surface area (Å²) in [6.07, 6.45) is 9.82. The van der Waals surface area contributed by atoms with Gasteiger partial charge < -0.3 is 25.4 Å². The highest BCUT2D eigenvalue weighted by molar-refractivity contribution is 9.10. The Bertz CT molecular complexity index is 1460. The highest BCUT2D eigenvalue weighted by atomic mass is 79.9. The number of fused-ring (bicyclic) bond motifs is 1. The molecule has 12 heteroatoms. The molecule has 3 aromatic rings. The van der Waals surface area contributed by atoms with Crippen molar-refractivity contribution in [1.82, 2.24) is 20.2 Å². The number of ether oxygens (including phenoxy) is 2. The largest absolute Gasteiger partial charge is 0.494 e. The molecule has 228 valence electrons. The summed E-state index contributed by atoms with van der Waals surface area (Å²) < 4.78 is 11.9. The summed E-state index contributed by atoms with van der Waals surface area (Å²) in [6.45, 7) is 1.24. The van der Waals surface area contributed by atoms with E-state index in [9.17, 15) is 14.4 Å². The van der Waals surface area contributed by atoms with Crippen LogP contribution in [0, 0.1) is 0 Å². The van der Waals surface area contributed by atoms with Crippen LogP contribution in [0.25, 0.3) is 10.9 Å². The average Bonchev–Trinajstić information content (AvgIpc) is 2.98. The first-order chi connectivity index (χ1) is 20.8. The van der Waals surface area contributed by atoms with Gasteiger partial charge in [0.15, 0.2) is 0 Å². The van der Waals surface area contributed by atoms with E-state index in [0.29, 0.717) is 47.7 Å². The number of rotatable bonds is 13. The van der Waals surface area contributed by atoms with Crippen LogP contribution >= 0.6 is 15.9 Å². The zero-order valence-electron chi connectivity index (χ0n) is 24.4. The Balaban J connectivity index is 1.25. The second-order valence-electron chi connectivity index (χ2n) is 10.4. The van der Waals surface area contributed by atoms with Gasteiger partial charge in [-0.05, 0) is 63.4 Å². The van der Waals surface area contributed by atoms with Crippen molar-refractivity contribution >= 4 is 61.8 Å². The SMILES string of the molecule is COc1cc2ncnc(Nc3cccc(Br)c3)c2cc1NC(=O)C=CC(=O)NCCCN(C)CC(=O)OC1CCCCC1. The lowest BCUT2D eigenvalue weighted by Crippen LogP contribution is -2.33. The number of hydrogen-bond acceptors (Lipinski definition) is 9. The van der Waals surface area contributed by atoms with Crippen LogP contribution in [0.3, 0.4) is 0 Å². The Labute approximate surface area is 259 Å². The fraction of sp³-hybridized carbons (Fsp3) is 0.387. The van der Waals surface area contributed by atoms with E-state index >= 15 is 0 Å². The second-order valence-corrected chi connectivity index (χ2v) is 11.3. The van der Waals surface area contributed by atoms with Gasteiger partial charge in [0.2, 0.25) is 11.8 Å². The summed E-state index contributed by atoms with van der Waals surface area (Å²) in [6, 6.07) is 11.1. The van der Waals surface area contributed by atoms with Crippen LogP contribution in [-0.4, -0.2) is 72.5 Å². The van der Waals surface area contributed by atoms with Gasteiger partial charge in [0, 0.05) is 46.9 Å². The minimum Gasteiger partial charge on any atom is -0.494 e.